The van der Waals surface area contributed by atoms with Crippen LogP contribution in [0.1, 0.15) is 16.1 Å². The second-order valence-electron chi connectivity index (χ2n) is 3.29. The second kappa shape index (κ2) is 5.72. The molecule has 0 atom stereocenters. The molecule has 0 spiro atoms. The number of aromatic nitrogens is 2. The average molecular weight is 229 g/mol. The maximum Gasteiger partial charge on any atom is 0.377 e. The van der Waals surface area contributed by atoms with E-state index >= 15 is 0 Å². The van der Waals surface area contributed by atoms with Gasteiger partial charge in [0, 0.05) is 12.4 Å². The third kappa shape index (κ3) is 3.35. The van der Waals surface area contributed by atoms with Gasteiger partial charge in [-0.2, -0.15) is 0 Å². The number of carbonyl (C=O) groups excluding carboxylic acids is 1. The van der Waals surface area contributed by atoms with Crippen LogP contribution in [0.15, 0.2) is 48.9 Å². The Kier molecular flexibility index (Phi) is 3.77. The topological polar surface area (TPSA) is 64.1 Å². The molecular formula is C12H11N3O2. The third-order valence-corrected chi connectivity index (χ3v) is 2.06. The Hall–Kier alpha value is -2.27. The summed E-state index contributed by atoms with van der Waals surface area (Å²) in [7, 11) is 0. The molecule has 1 aromatic heterocycles. The van der Waals surface area contributed by atoms with Crippen LogP contribution in [0, 0.1) is 0 Å². The van der Waals surface area contributed by atoms with E-state index < -0.39 is 5.97 Å². The molecule has 1 aromatic carbocycles. The summed E-state index contributed by atoms with van der Waals surface area (Å²) >= 11 is 0. The summed E-state index contributed by atoms with van der Waals surface area (Å²) in [6.45, 7) is 0.451. The molecule has 86 valence electrons. The van der Waals surface area contributed by atoms with Crippen molar-refractivity contribution in [2.45, 2.75) is 6.54 Å². The monoisotopic (exact) mass is 229 g/mol. The predicted octanol–water partition coefficient (Wildman–Crippen LogP) is 1.34. The summed E-state index contributed by atoms with van der Waals surface area (Å²) in [6.07, 6.45) is 4.29. The molecule has 17 heavy (non-hydrogen) atoms. The van der Waals surface area contributed by atoms with Crippen LogP contribution in [-0.4, -0.2) is 15.9 Å². The molecule has 0 aliphatic carbocycles. The van der Waals surface area contributed by atoms with Gasteiger partial charge in [-0.25, -0.2) is 9.78 Å². The summed E-state index contributed by atoms with van der Waals surface area (Å²) < 4.78 is 0. The minimum Gasteiger partial charge on any atom is -0.365 e. The lowest BCUT2D eigenvalue weighted by atomic mass is 10.2. The van der Waals surface area contributed by atoms with E-state index in [0.717, 1.165) is 5.56 Å². The SMILES string of the molecule is O=C(ONCc1ccccc1)c1cnccn1. The van der Waals surface area contributed by atoms with Gasteiger partial charge < -0.3 is 4.84 Å². The molecule has 5 heteroatoms. The summed E-state index contributed by atoms with van der Waals surface area (Å²) in [5.74, 6) is -0.547. The largest absolute Gasteiger partial charge is 0.377 e. The zero-order valence-electron chi connectivity index (χ0n) is 9.04. The van der Waals surface area contributed by atoms with Crippen LogP contribution in [0.2, 0.25) is 0 Å². The molecule has 0 saturated heterocycles. The van der Waals surface area contributed by atoms with Crippen LogP contribution >= 0.6 is 0 Å². The van der Waals surface area contributed by atoms with Crippen molar-refractivity contribution in [2.24, 2.45) is 0 Å². The van der Waals surface area contributed by atoms with Crippen LogP contribution in [0.25, 0.3) is 0 Å². The van der Waals surface area contributed by atoms with Crippen molar-refractivity contribution in [3.05, 3.63) is 60.2 Å². The highest BCUT2D eigenvalue weighted by molar-refractivity contribution is 5.86. The number of nitrogens with one attached hydrogen (secondary N) is 1. The summed E-state index contributed by atoms with van der Waals surface area (Å²) in [5.41, 5.74) is 3.78. The predicted molar refractivity (Wildman–Crippen MR) is 60.7 cm³/mol. The molecule has 0 aliphatic heterocycles. The number of hydrogen-bond donors (Lipinski definition) is 1. The lowest BCUT2D eigenvalue weighted by molar-refractivity contribution is 0.0230. The van der Waals surface area contributed by atoms with Crippen LogP contribution in [0.5, 0.6) is 0 Å². The fourth-order valence-corrected chi connectivity index (χ4v) is 1.24. The minimum atomic E-state index is -0.547. The van der Waals surface area contributed by atoms with Gasteiger partial charge in [0.2, 0.25) is 0 Å². The van der Waals surface area contributed by atoms with Gasteiger partial charge >= 0.3 is 5.97 Å². The Morgan fingerprint density at radius 3 is 2.76 bits per heavy atom. The Balaban J connectivity index is 1.82. The van der Waals surface area contributed by atoms with E-state index in [0.29, 0.717) is 6.54 Å². The van der Waals surface area contributed by atoms with Crippen molar-refractivity contribution >= 4 is 5.97 Å². The normalized spacial score (nSPS) is 9.88. The van der Waals surface area contributed by atoms with Crippen LogP contribution in [0.3, 0.4) is 0 Å². The maximum atomic E-state index is 11.4. The van der Waals surface area contributed by atoms with Crippen LogP contribution in [-0.2, 0) is 11.4 Å². The van der Waals surface area contributed by atoms with E-state index in [1.54, 1.807) is 0 Å². The standard InChI is InChI=1S/C12H11N3O2/c16-12(11-9-13-6-7-14-11)17-15-8-10-4-2-1-3-5-10/h1-7,9,15H,8H2. The smallest absolute Gasteiger partial charge is 0.365 e. The first-order chi connectivity index (χ1) is 8.36. The highest BCUT2D eigenvalue weighted by Crippen LogP contribution is 1.98. The molecule has 5 nitrogen and oxygen atoms in total. The van der Waals surface area contributed by atoms with Crippen LogP contribution < -0.4 is 5.48 Å². The molecule has 1 N–H and O–H groups in total. The first-order valence-electron chi connectivity index (χ1n) is 5.10. The summed E-state index contributed by atoms with van der Waals surface area (Å²) in [5, 5.41) is 0. The molecule has 0 amide bonds. The van der Waals surface area contributed by atoms with E-state index in [9.17, 15) is 4.79 Å². The molecule has 0 fully saturated rings. The molecule has 2 aromatic rings. The highest BCUT2D eigenvalue weighted by Gasteiger charge is 2.07. The average Bonchev–Trinajstić information content (AvgIpc) is 2.41. The van der Waals surface area contributed by atoms with Gasteiger partial charge in [-0.1, -0.05) is 30.3 Å². The zero-order chi connectivity index (χ0) is 11.9. The van der Waals surface area contributed by atoms with Crippen molar-refractivity contribution in [3.63, 3.8) is 0 Å². The summed E-state index contributed by atoms with van der Waals surface area (Å²) in [6, 6.07) is 9.63. The Labute approximate surface area is 98.4 Å². The van der Waals surface area contributed by atoms with Crippen molar-refractivity contribution in [1.29, 1.82) is 0 Å². The molecule has 0 unspecified atom stereocenters. The Bertz CT molecular complexity index is 474. The van der Waals surface area contributed by atoms with E-state index in [1.165, 1.54) is 18.6 Å². The maximum absolute atomic E-state index is 11.4. The highest BCUT2D eigenvalue weighted by atomic mass is 16.7. The number of hydroxylamine groups is 1. The van der Waals surface area contributed by atoms with E-state index in [2.05, 4.69) is 15.4 Å². The van der Waals surface area contributed by atoms with E-state index in [-0.39, 0.29) is 5.69 Å². The van der Waals surface area contributed by atoms with Gasteiger partial charge in [-0.15, -0.1) is 5.48 Å². The minimum absolute atomic E-state index is 0.174. The quantitative estimate of drug-likeness (QED) is 0.801. The molecule has 2 rings (SSSR count). The molecule has 0 radical (unpaired) electrons. The fourth-order valence-electron chi connectivity index (χ4n) is 1.24. The van der Waals surface area contributed by atoms with Gasteiger partial charge in [0.15, 0.2) is 5.69 Å². The van der Waals surface area contributed by atoms with Crippen molar-refractivity contribution in [1.82, 2.24) is 15.4 Å². The summed E-state index contributed by atoms with van der Waals surface area (Å²) in [4.78, 5) is 23.9. The first kappa shape index (κ1) is 11.2. The first-order valence-corrected chi connectivity index (χ1v) is 5.10. The van der Waals surface area contributed by atoms with Gasteiger partial charge in [0.25, 0.3) is 0 Å². The van der Waals surface area contributed by atoms with Crippen molar-refractivity contribution < 1.29 is 9.63 Å². The number of benzene rings is 1. The fraction of sp³-hybridized carbons (Fsp3) is 0.0833. The van der Waals surface area contributed by atoms with Gasteiger partial charge in [0.1, 0.15) is 0 Å². The molecule has 0 bridgehead atoms. The van der Waals surface area contributed by atoms with Crippen LogP contribution in [0.4, 0.5) is 0 Å². The van der Waals surface area contributed by atoms with Gasteiger partial charge in [0.05, 0.1) is 12.7 Å². The van der Waals surface area contributed by atoms with Gasteiger partial charge in [-0.3, -0.25) is 4.98 Å². The van der Waals surface area contributed by atoms with E-state index in [1.807, 2.05) is 30.3 Å². The lowest BCUT2D eigenvalue weighted by Gasteiger charge is -2.04. The van der Waals surface area contributed by atoms with Crippen molar-refractivity contribution in [2.75, 3.05) is 0 Å². The van der Waals surface area contributed by atoms with E-state index in [4.69, 9.17) is 4.84 Å². The van der Waals surface area contributed by atoms with Gasteiger partial charge in [-0.05, 0) is 5.56 Å². The zero-order valence-corrected chi connectivity index (χ0v) is 9.04. The Morgan fingerprint density at radius 2 is 2.06 bits per heavy atom. The third-order valence-electron chi connectivity index (χ3n) is 2.06. The molecule has 1 heterocycles. The molecule has 0 saturated carbocycles. The Morgan fingerprint density at radius 1 is 1.24 bits per heavy atom. The number of rotatable bonds is 4. The molecular weight excluding hydrogens is 218 g/mol. The number of nitrogens with zero attached hydrogens (tertiary/aromatic N) is 2. The lowest BCUT2D eigenvalue weighted by Crippen LogP contribution is -2.20. The van der Waals surface area contributed by atoms with Crippen molar-refractivity contribution in [3.8, 4) is 0 Å². The number of carbonyl (C=O) groups is 1. The molecule has 0 aliphatic rings. The second-order valence-corrected chi connectivity index (χ2v) is 3.29. The number of hydrogen-bond acceptors (Lipinski definition) is 5.